The van der Waals surface area contributed by atoms with Crippen LogP contribution >= 0.6 is 0 Å². The van der Waals surface area contributed by atoms with Crippen LogP contribution in [0.2, 0.25) is 0 Å². The fourth-order valence-corrected chi connectivity index (χ4v) is 3.11. The van der Waals surface area contributed by atoms with Gasteiger partial charge in [-0.15, -0.1) is 0 Å². The predicted molar refractivity (Wildman–Crippen MR) is 95.7 cm³/mol. The molecule has 25 heavy (non-hydrogen) atoms. The number of nitrogens with two attached hydrogens (primary N) is 1. The number of fused-ring (bicyclic) bond motifs is 3. The molecule has 8 heteroatoms. The van der Waals surface area contributed by atoms with Crippen molar-refractivity contribution in [2.24, 2.45) is 12.8 Å². The van der Waals surface area contributed by atoms with E-state index >= 15 is 0 Å². The summed E-state index contributed by atoms with van der Waals surface area (Å²) in [6.45, 7) is 1.23. The number of rotatable bonds is 4. The van der Waals surface area contributed by atoms with E-state index in [4.69, 9.17) is 5.73 Å². The van der Waals surface area contributed by atoms with Crippen molar-refractivity contribution in [1.29, 1.82) is 0 Å². The molecule has 0 unspecified atom stereocenters. The Balaban J connectivity index is 2.09. The van der Waals surface area contributed by atoms with E-state index in [-0.39, 0.29) is 0 Å². The molecule has 0 atom stereocenters. The van der Waals surface area contributed by atoms with Crippen molar-refractivity contribution in [1.82, 2.24) is 23.5 Å². The van der Waals surface area contributed by atoms with Crippen molar-refractivity contribution in [2.45, 2.75) is 13.0 Å². The summed E-state index contributed by atoms with van der Waals surface area (Å²) >= 11 is 0. The van der Waals surface area contributed by atoms with Crippen molar-refractivity contribution in [3.05, 3.63) is 57.4 Å². The Morgan fingerprint density at radius 2 is 1.96 bits per heavy atom. The highest BCUT2D eigenvalue weighted by Gasteiger charge is 2.19. The normalized spacial score (nSPS) is 11.6. The van der Waals surface area contributed by atoms with Crippen LogP contribution < -0.4 is 17.0 Å². The maximum atomic E-state index is 12.3. The van der Waals surface area contributed by atoms with Gasteiger partial charge < -0.3 is 10.3 Å². The molecule has 0 aliphatic carbocycles. The first-order chi connectivity index (χ1) is 12.1. The van der Waals surface area contributed by atoms with E-state index in [1.165, 1.54) is 4.57 Å². The molecule has 4 rings (SSSR count). The lowest BCUT2D eigenvalue weighted by Crippen LogP contribution is -2.28. The maximum absolute atomic E-state index is 12.3. The number of nitrogens with zero attached hydrogens (tertiary/aromatic N) is 4. The van der Waals surface area contributed by atoms with Gasteiger partial charge >= 0.3 is 5.69 Å². The zero-order valence-electron chi connectivity index (χ0n) is 13.8. The molecular formula is C17H18N6O2. The number of hydrogen-bond donors (Lipinski definition) is 2. The molecule has 4 aromatic rings. The number of nitrogens with one attached hydrogen (secondary N) is 1. The van der Waals surface area contributed by atoms with Gasteiger partial charge in [0.15, 0.2) is 11.2 Å². The van der Waals surface area contributed by atoms with Crippen LogP contribution in [0.4, 0.5) is 0 Å². The molecule has 0 bridgehead atoms. The predicted octanol–water partition coefficient (Wildman–Crippen LogP) is 0.692. The molecule has 0 saturated heterocycles. The van der Waals surface area contributed by atoms with Gasteiger partial charge in [-0.25, -0.2) is 4.79 Å². The Kier molecular flexibility index (Phi) is 3.54. The second-order valence-corrected chi connectivity index (χ2v) is 5.95. The van der Waals surface area contributed by atoms with Crippen LogP contribution in [0, 0.1) is 0 Å². The van der Waals surface area contributed by atoms with Crippen LogP contribution in [0.15, 0.2) is 46.1 Å². The van der Waals surface area contributed by atoms with E-state index in [0.29, 0.717) is 30.0 Å². The molecule has 8 nitrogen and oxygen atoms in total. The minimum absolute atomic E-state index is 0.362. The van der Waals surface area contributed by atoms with Crippen LogP contribution in [-0.4, -0.2) is 30.0 Å². The Labute approximate surface area is 142 Å². The largest absolute Gasteiger partial charge is 0.330 e. The average molecular weight is 338 g/mol. The van der Waals surface area contributed by atoms with E-state index < -0.39 is 11.2 Å². The minimum atomic E-state index is -0.477. The molecule has 3 aromatic heterocycles. The van der Waals surface area contributed by atoms with E-state index in [1.807, 2.05) is 41.1 Å². The van der Waals surface area contributed by atoms with Gasteiger partial charge in [0.1, 0.15) is 0 Å². The summed E-state index contributed by atoms with van der Waals surface area (Å²) in [7, 11) is 1.59. The van der Waals surface area contributed by atoms with Gasteiger partial charge in [0.2, 0.25) is 5.78 Å². The standard InChI is InChI=1S/C17H18N6O2/c1-21-14-13(15(24)20-17(21)25)23-10-12(11-6-3-2-4-7-11)22(9-5-8-18)16(23)19-14/h2-4,6-7,10H,5,8-9,18H2,1H3,(H,20,24,25). The number of benzene rings is 1. The molecular weight excluding hydrogens is 320 g/mol. The minimum Gasteiger partial charge on any atom is -0.330 e. The summed E-state index contributed by atoms with van der Waals surface area (Å²) in [6.07, 6.45) is 2.67. The molecule has 3 N–H and O–H groups in total. The van der Waals surface area contributed by atoms with Gasteiger partial charge in [0.25, 0.3) is 5.56 Å². The number of hydrogen-bond acceptors (Lipinski definition) is 4. The molecule has 0 aliphatic rings. The SMILES string of the molecule is Cn1c(=O)[nH]c(=O)c2c1nc1n(CCCN)c(-c3ccccc3)cn21. The van der Waals surface area contributed by atoms with Crippen molar-refractivity contribution in [3.63, 3.8) is 0 Å². The van der Waals surface area contributed by atoms with Gasteiger partial charge in [-0.1, -0.05) is 30.3 Å². The Hall–Kier alpha value is -3.13. The van der Waals surface area contributed by atoms with Gasteiger partial charge in [-0.2, -0.15) is 4.98 Å². The zero-order chi connectivity index (χ0) is 17.6. The van der Waals surface area contributed by atoms with Crippen LogP contribution in [0.25, 0.3) is 28.2 Å². The van der Waals surface area contributed by atoms with Gasteiger partial charge in [0.05, 0.1) is 5.69 Å². The van der Waals surface area contributed by atoms with E-state index in [0.717, 1.165) is 17.7 Å². The molecule has 3 heterocycles. The summed E-state index contributed by atoms with van der Waals surface area (Å²) in [5, 5.41) is 0. The quantitative estimate of drug-likeness (QED) is 0.571. The number of aromatic nitrogens is 5. The van der Waals surface area contributed by atoms with E-state index in [9.17, 15) is 9.59 Å². The molecule has 0 radical (unpaired) electrons. The fourth-order valence-electron chi connectivity index (χ4n) is 3.11. The van der Waals surface area contributed by atoms with Crippen molar-refractivity contribution < 1.29 is 0 Å². The first kappa shape index (κ1) is 15.4. The van der Waals surface area contributed by atoms with E-state index in [1.54, 1.807) is 11.4 Å². The van der Waals surface area contributed by atoms with E-state index in [2.05, 4.69) is 9.97 Å². The first-order valence-corrected chi connectivity index (χ1v) is 8.08. The molecule has 0 amide bonds. The highest BCUT2D eigenvalue weighted by molar-refractivity contribution is 5.77. The topological polar surface area (TPSA) is 103 Å². The lowest BCUT2D eigenvalue weighted by Gasteiger charge is -2.08. The monoisotopic (exact) mass is 338 g/mol. The highest BCUT2D eigenvalue weighted by atomic mass is 16.2. The summed E-state index contributed by atoms with van der Waals surface area (Å²) < 4.78 is 5.12. The number of H-pyrrole nitrogens is 1. The van der Waals surface area contributed by atoms with Crippen molar-refractivity contribution in [3.8, 4) is 11.3 Å². The Morgan fingerprint density at radius 1 is 1.20 bits per heavy atom. The molecule has 0 spiro atoms. The summed E-state index contributed by atoms with van der Waals surface area (Å²) in [5.41, 5.74) is 7.47. The van der Waals surface area contributed by atoms with Crippen LogP contribution in [0.5, 0.6) is 0 Å². The molecule has 1 aromatic carbocycles. The second-order valence-electron chi connectivity index (χ2n) is 5.95. The number of aryl methyl sites for hydroxylation is 2. The molecule has 0 aliphatic heterocycles. The smallest absolute Gasteiger partial charge is 0.329 e. The summed E-state index contributed by atoms with van der Waals surface area (Å²) in [5.74, 6) is 0.619. The molecule has 0 saturated carbocycles. The fraction of sp³-hybridized carbons (Fsp3) is 0.235. The van der Waals surface area contributed by atoms with Crippen LogP contribution in [0.3, 0.4) is 0 Å². The third kappa shape index (κ3) is 2.30. The van der Waals surface area contributed by atoms with Crippen LogP contribution in [0.1, 0.15) is 6.42 Å². The third-order valence-electron chi connectivity index (χ3n) is 4.37. The maximum Gasteiger partial charge on any atom is 0.329 e. The van der Waals surface area contributed by atoms with Gasteiger partial charge in [0, 0.05) is 19.8 Å². The van der Waals surface area contributed by atoms with Crippen molar-refractivity contribution in [2.75, 3.05) is 6.54 Å². The summed E-state index contributed by atoms with van der Waals surface area (Å²) in [4.78, 5) is 31.1. The lowest BCUT2D eigenvalue weighted by atomic mass is 10.1. The molecule has 0 fully saturated rings. The lowest BCUT2D eigenvalue weighted by molar-refractivity contribution is 0.668. The first-order valence-electron chi connectivity index (χ1n) is 8.08. The van der Waals surface area contributed by atoms with Gasteiger partial charge in [-0.3, -0.25) is 18.7 Å². The van der Waals surface area contributed by atoms with Crippen molar-refractivity contribution >= 4 is 16.9 Å². The Morgan fingerprint density at radius 3 is 2.68 bits per heavy atom. The zero-order valence-corrected chi connectivity index (χ0v) is 13.8. The number of imidazole rings is 2. The Bertz CT molecular complexity index is 1180. The highest BCUT2D eigenvalue weighted by Crippen LogP contribution is 2.25. The van der Waals surface area contributed by atoms with Gasteiger partial charge in [-0.05, 0) is 18.5 Å². The summed E-state index contributed by atoms with van der Waals surface area (Å²) in [6, 6.07) is 9.91. The average Bonchev–Trinajstić information content (AvgIpc) is 3.15. The third-order valence-corrected chi connectivity index (χ3v) is 4.37. The second kappa shape index (κ2) is 5.75. The number of aromatic amines is 1. The van der Waals surface area contributed by atoms with Crippen LogP contribution in [-0.2, 0) is 13.6 Å². The molecule has 128 valence electrons.